The molecule has 0 aliphatic rings. The Labute approximate surface area is 224 Å². The minimum absolute atomic E-state index is 0.0374. The summed E-state index contributed by atoms with van der Waals surface area (Å²) in [5.41, 5.74) is 7.42. The smallest absolute Gasteiger partial charge is 0.330 e. The highest BCUT2D eigenvalue weighted by Gasteiger charge is 2.25. The van der Waals surface area contributed by atoms with Crippen LogP contribution >= 0.6 is 0 Å². The van der Waals surface area contributed by atoms with Crippen LogP contribution in [0.15, 0.2) is 70.4 Å². The lowest BCUT2D eigenvalue weighted by molar-refractivity contribution is -0.147. The van der Waals surface area contributed by atoms with E-state index < -0.39 is 29.7 Å². The van der Waals surface area contributed by atoms with Crippen LogP contribution in [-0.2, 0) is 32.0 Å². The van der Waals surface area contributed by atoms with E-state index in [1.54, 1.807) is 0 Å². The topological polar surface area (TPSA) is 153 Å². The summed E-state index contributed by atoms with van der Waals surface area (Å²) in [6.45, 7) is -0.454. The Balaban J connectivity index is 1.43. The van der Waals surface area contributed by atoms with Gasteiger partial charge in [-0.1, -0.05) is 48.5 Å². The van der Waals surface area contributed by atoms with Gasteiger partial charge in [0.25, 0.3) is 11.5 Å². The number of aromatic amines is 2. The zero-order chi connectivity index (χ0) is 27.8. The minimum Gasteiger partial charge on any atom is -0.456 e. The number of H-pyrrole nitrogens is 2. The molecule has 2 aromatic heterocycles. The number of carbonyl (C=O) groups excluding carboxylic acids is 2. The monoisotopic (exact) mass is 533 g/mol. The second-order valence-corrected chi connectivity index (χ2v) is 8.98. The van der Waals surface area contributed by atoms with Gasteiger partial charge in [0, 0.05) is 37.2 Å². The number of fused-ring (bicyclic) bond motifs is 1. The number of anilines is 2. The van der Waals surface area contributed by atoms with E-state index in [0.29, 0.717) is 12.8 Å². The van der Waals surface area contributed by atoms with Crippen LogP contribution in [0.3, 0.4) is 0 Å². The summed E-state index contributed by atoms with van der Waals surface area (Å²) in [5.74, 6) is -1.38. The summed E-state index contributed by atoms with van der Waals surface area (Å²) in [4.78, 5) is 57.3. The van der Waals surface area contributed by atoms with Crippen molar-refractivity contribution < 1.29 is 19.1 Å². The van der Waals surface area contributed by atoms with E-state index in [9.17, 15) is 19.2 Å². The van der Waals surface area contributed by atoms with Crippen molar-refractivity contribution in [1.29, 1.82) is 0 Å². The number of hydrogen-bond acceptors (Lipinski definition) is 7. The number of para-hydroxylation sites is 1. The molecule has 0 aliphatic heterocycles. The Morgan fingerprint density at radius 3 is 2.56 bits per heavy atom. The first-order valence-corrected chi connectivity index (χ1v) is 12.6. The number of aromatic nitrogens is 3. The molecule has 1 amide bonds. The number of methoxy groups -OCH3 is 1. The number of rotatable bonds is 12. The van der Waals surface area contributed by atoms with Gasteiger partial charge in [-0.25, -0.2) is 4.79 Å². The van der Waals surface area contributed by atoms with E-state index in [4.69, 9.17) is 15.2 Å². The lowest BCUT2D eigenvalue weighted by Gasteiger charge is -2.24. The Kier molecular flexibility index (Phi) is 8.95. The molecule has 204 valence electrons. The quantitative estimate of drug-likeness (QED) is 0.236. The largest absolute Gasteiger partial charge is 0.456 e. The molecule has 0 unspecified atom stereocenters. The third-order valence-electron chi connectivity index (χ3n) is 6.35. The highest BCUT2D eigenvalue weighted by Crippen LogP contribution is 2.20. The lowest BCUT2D eigenvalue weighted by Crippen LogP contribution is -2.44. The maximum absolute atomic E-state index is 13.1. The first kappa shape index (κ1) is 27.4. The van der Waals surface area contributed by atoms with E-state index in [0.717, 1.165) is 26.9 Å². The van der Waals surface area contributed by atoms with Crippen molar-refractivity contribution in [3.63, 3.8) is 0 Å². The molecule has 0 atom stereocenters. The third-order valence-corrected chi connectivity index (χ3v) is 6.35. The molecule has 11 heteroatoms. The summed E-state index contributed by atoms with van der Waals surface area (Å²) >= 11 is 0. The first-order valence-electron chi connectivity index (χ1n) is 12.6. The SMILES string of the molecule is COCCN(C(=O)COC(=O)CCCc1c[nH]c2ccccc12)c1c(N)n(Cc2ccccc2)c(=O)[nH]c1=O. The molecule has 11 nitrogen and oxygen atoms in total. The number of nitrogens with one attached hydrogen (secondary N) is 2. The number of ether oxygens (including phenoxy) is 2. The van der Waals surface area contributed by atoms with Gasteiger partial charge in [-0.05, 0) is 30.0 Å². The number of nitrogens with zero attached hydrogens (tertiary/aromatic N) is 2. The van der Waals surface area contributed by atoms with Crippen LogP contribution in [0, 0.1) is 0 Å². The summed E-state index contributed by atoms with van der Waals surface area (Å²) in [7, 11) is 1.44. The van der Waals surface area contributed by atoms with E-state index in [-0.39, 0.29) is 37.6 Å². The summed E-state index contributed by atoms with van der Waals surface area (Å²) in [6.07, 6.45) is 3.25. The maximum atomic E-state index is 13.1. The van der Waals surface area contributed by atoms with Crippen LogP contribution in [0.4, 0.5) is 11.5 Å². The fourth-order valence-electron chi connectivity index (χ4n) is 4.36. The van der Waals surface area contributed by atoms with Gasteiger partial charge in [0.05, 0.1) is 13.2 Å². The average Bonchev–Trinajstić information content (AvgIpc) is 3.35. The standard InChI is InChI=1S/C28H31N5O6/c1-38-15-14-32(25-26(29)33(28(37)31-27(25)36)17-19-8-3-2-4-9-19)23(34)18-39-24(35)13-7-10-20-16-30-22-12-6-5-11-21(20)22/h2-6,8-9,11-12,16,30H,7,10,13-15,17-18,29H2,1H3,(H,31,36,37). The number of esters is 1. The molecule has 2 heterocycles. The van der Waals surface area contributed by atoms with Crippen molar-refractivity contribution in [2.24, 2.45) is 0 Å². The molecule has 4 rings (SSSR count). The molecule has 0 radical (unpaired) electrons. The predicted molar refractivity (Wildman–Crippen MR) is 148 cm³/mol. The van der Waals surface area contributed by atoms with E-state index in [1.165, 1.54) is 11.7 Å². The highest BCUT2D eigenvalue weighted by molar-refractivity contribution is 5.97. The Morgan fingerprint density at radius 1 is 1.05 bits per heavy atom. The van der Waals surface area contributed by atoms with Crippen molar-refractivity contribution in [2.45, 2.75) is 25.8 Å². The van der Waals surface area contributed by atoms with Crippen LogP contribution in [-0.4, -0.2) is 53.3 Å². The predicted octanol–water partition coefficient (Wildman–Crippen LogP) is 2.19. The second-order valence-electron chi connectivity index (χ2n) is 8.98. The van der Waals surface area contributed by atoms with E-state index in [1.807, 2.05) is 60.8 Å². The zero-order valence-corrected chi connectivity index (χ0v) is 21.6. The molecule has 0 saturated carbocycles. The molecule has 0 spiro atoms. The van der Waals surface area contributed by atoms with Crippen molar-refractivity contribution in [2.75, 3.05) is 37.5 Å². The molecule has 0 bridgehead atoms. The molecule has 0 saturated heterocycles. The highest BCUT2D eigenvalue weighted by atomic mass is 16.5. The number of carbonyl (C=O) groups is 2. The number of amides is 1. The third kappa shape index (κ3) is 6.63. The zero-order valence-electron chi connectivity index (χ0n) is 21.6. The van der Waals surface area contributed by atoms with Crippen molar-refractivity contribution >= 4 is 34.3 Å². The first-order chi connectivity index (χ1) is 18.9. The average molecular weight is 534 g/mol. The molecule has 4 N–H and O–H groups in total. The minimum atomic E-state index is -0.823. The van der Waals surface area contributed by atoms with Crippen LogP contribution in [0.5, 0.6) is 0 Å². The number of nitrogen functional groups attached to an aromatic ring is 1. The summed E-state index contributed by atoms with van der Waals surface area (Å²) in [5, 5.41) is 1.10. The molecular formula is C28H31N5O6. The van der Waals surface area contributed by atoms with Crippen molar-refractivity contribution in [3.05, 3.63) is 92.8 Å². The van der Waals surface area contributed by atoms with E-state index in [2.05, 4.69) is 9.97 Å². The van der Waals surface area contributed by atoms with Crippen LogP contribution in [0.25, 0.3) is 10.9 Å². The molecule has 0 fully saturated rings. The Hall–Kier alpha value is -4.64. The van der Waals surface area contributed by atoms with Gasteiger partial charge in [-0.2, -0.15) is 0 Å². The molecule has 2 aromatic carbocycles. The fraction of sp³-hybridized carbons (Fsp3) is 0.286. The van der Waals surface area contributed by atoms with Gasteiger partial charge >= 0.3 is 11.7 Å². The lowest BCUT2D eigenvalue weighted by atomic mass is 10.1. The van der Waals surface area contributed by atoms with Crippen molar-refractivity contribution in [3.8, 4) is 0 Å². The van der Waals surface area contributed by atoms with Crippen molar-refractivity contribution in [1.82, 2.24) is 14.5 Å². The van der Waals surface area contributed by atoms with Crippen LogP contribution < -0.4 is 21.9 Å². The van der Waals surface area contributed by atoms with E-state index >= 15 is 0 Å². The van der Waals surface area contributed by atoms with Crippen LogP contribution in [0.2, 0.25) is 0 Å². The van der Waals surface area contributed by atoms with Gasteiger partial charge in [0.2, 0.25) is 0 Å². The van der Waals surface area contributed by atoms with Gasteiger partial charge in [0.1, 0.15) is 5.82 Å². The number of benzene rings is 2. The number of aryl methyl sites for hydroxylation is 1. The summed E-state index contributed by atoms with van der Waals surface area (Å²) in [6, 6.07) is 17.0. The Bertz CT molecular complexity index is 1560. The molecular weight excluding hydrogens is 502 g/mol. The fourth-order valence-corrected chi connectivity index (χ4v) is 4.36. The normalized spacial score (nSPS) is 11.0. The van der Waals surface area contributed by atoms with Gasteiger partial charge in [0.15, 0.2) is 12.3 Å². The van der Waals surface area contributed by atoms with Gasteiger partial charge in [-0.3, -0.25) is 28.8 Å². The second kappa shape index (κ2) is 12.7. The van der Waals surface area contributed by atoms with Crippen LogP contribution in [0.1, 0.15) is 24.0 Å². The Morgan fingerprint density at radius 2 is 1.79 bits per heavy atom. The van der Waals surface area contributed by atoms with Gasteiger partial charge in [-0.15, -0.1) is 0 Å². The maximum Gasteiger partial charge on any atom is 0.330 e. The summed E-state index contributed by atoms with van der Waals surface area (Å²) < 4.78 is 11.5. The number of nitrogens with two attached hydrogens (primary N) is 1. The molecule has 4 aromatic rings. The van der Waals surface area contributed by atoms with Gasteiger partial charge < -0.3 is 20.2 Å². The molecule has 39 heavy (non-hydrogen) atoms. The number of hydrogen-bond donors (Lipinski definition) is 3. The molecule has 0 aliphatic carbocycles.